The van der Waals surface area contributed by atoms with E-state index >= 15 is 0 Å². The van der Waals surface area contributed by atoms with Gasteiger partial charge < -0.3 is 15.5 Å². The first-order chi connectivity index (χ1) is 7.84. The number of hydrogen-bond acceptors (Lipinski definition) is 2. The first-order valence-corrected chi connectivity index (χ1v) is 5.87. The highest BCUT2D eigenvalue weighted by molar-refractivity contribution is 6.32. The van der Waals surface area contributed by atoms with E-state index in [0.29, 0.717) is 10.8 Å². The van der Waals surface area contributed by atoms with E-state index in [1.165, 1.54) is 0 Å². The van der Waals surface area contributed by atoms with E-state index in [4.69, 9.17) is 22.1 Å². The molecule has 17 heavy (non-hydrogen) atoms. The van der Waals surface area contributed by atoms with E-state index in [2.05, 4.69) is 11.9 Å². The summed E-state index contributed by atoms with van der Waals surface area (Å²) in [6.07, 6.45) is 0. The zero-order chi connectivity index (χ0) is 12.8. The predicted octanol–water partition coefficient (Wildman–Crippen LogP) is 3.33. The molecule has 0 fully saturated rings. The van der Waals surface area contributed by atoms with Crippen LogP contribution in [0.25, 0.3) is 10.9 Å². The summed E-state index contributed by atoms with van der Waals surface area (Å²) in [5.74, 6) is 0.683. The fraction of sp³-hybridized carbons (Fsp3) is 0.385. The Balaban J connectivity index is 2.75. The molecule has 4 heteroatoms. The number of benzene rings is 1. The maximum Gasteiger partial charge on any atom is 0.138 e. The normalized spacial score (nSPS) is 12.1. The Morgan fingerprint density at radius 3 is 2.53 bits per heavy atom. The molecule has 0 aliphatic heterocycles. The molecule has 1 aromatic heterocycles. The van der Waals surface area contributed by atoms with Crippen LogP contribution in [0.3, 0.4) is 0 Å². The molecule has 0 unspecified atom stereocenters. The molecular formula is C13H17ClN2O. The molecular weight excluding hydrogens is 236 g/mol. The molecule has 2 aromatic rings. The number of nitrogens with two attached hydrogens (primary N) is 1. The largest absolute Gasteiger partial charge is 0.495 e. The Labute approximate surface area is 106 Å². The van der Waals surface area contributed by atoms with Gasteiger partial charge in [-0.2, -0.15) is 0 Å². The van der Waals surface area contributed by atoms with Crippen LogP contribution in [-0.4, -0.2) is 12.1 Å². The standard InChI is InChI=1S/C13H17ClN2O/c1-7-8-5-11(17-4)9(14)6-10(8)16-12(7)13(2,3)15/h5-6,16H,15H2,1-4H3. The number of aromatic amines is 1. The van der Waals surface area contributed by atoms with Gasteiger partial charge in [0.2, 0.25) is 0 Å². The van der Waals surface area contributed by atoms with E-state index in [1.54, 1.807) is 7.11 Å². The number of ether oxygens (including phenoxy) is 1. The number of methoxy groups -OCH3 is 1. The molecule has 0 saturated carbocycles. The molecule has 92 valence electrons. The molecule has 1 aromatic carbocycles. The Bertz CT molecular complexity index is 567. The van der Waals surface area contributed by atoms with Gasteiger partial charge in [0, 0.05) is 16.6 Å². The molecule has 0 spiro atoms. The number of H-pyrrole nitrogens is 1. The van der Waals surface area contributed by atoms with Crippen molar-refractivity contribution in [3.63, 3.8) is 0 Å². The van der Waals surface area contributed by atoms with E-state index in [-0.39, 0.29) is 0 Å². The summed E-state index contributed by atoms with van der Waals surface area (Å²) < 4.78 is 5.23. The number of aryl methyl sites for hydroxylation is 1. The van der Waals surface area contributed by atoms with Crippen molar-refractivity contribution < 1.29 is 4.74 Å². The van der Waals surface area contributed by atoms with Gasteiger partial charge >= 0.3 is 0 Å². The number of halogens is 1. The van der Waals surface area contributed by atoms with Crippen molar-refractivity contribution in [2.45, 2.75) is 26.3 Å². The van der Waals surface area contributed by atoms with Crippen LogP contribution in [0.4, 0.5) is 0 Å². The van der Waals surface area contributed by atoms with Gasteiger partial charge in [0.25, 0.3) is 0 Å². The van der Waals surface area contributed by atoms with Crippen LogP contribution in [0.2, 0.25) is 5.02 Å². The Morgan fingerprint density at radius 1 is 1.35 bits per heavy atom. The highest BCUT2D eigenvalue weighted by Crippen LogP contribution is 2.34. The fourth-order valence-corrected chi connectivity index (χ4v) is 2.37. The average Bonchev–Trinajstić information content (AvgIpc) is 2.54. The molecule has 0 aliphatic carbocycles. The van der Waals surface area contributed by atoms with Gasteiger partial charge in [-0.05, 0) is 38.5 Å². The Kier molecular flexibility index (Phi) is 2.84. The Hall–Kier alpha value is -1.19. The third-order valence-corrected chi connectivity index (χ3v) is 3.27. The lowest BCUT2D eigenvalue weighted by molar-refractivity contribution is 0.415. The van der Waals surface area contributed by atoms with Crippen molar-refractivity contribution >= 4 is 22.5 Å². The predicted molar refractivity (Wildman–Crippen MR) is 71.8 cm³/mol. The number of hydrogen-bond donors (Lipinski definition) is 2. The number of fused-ring (bicyclic) bond motifs is 1. The van der Waals surface area contributed by atoms with Crippen LogP contribution in [-0.2, 0) is 5.54 Å². The topological polar surface area (TPSA) is 51.0 Å². The van der Waals surface area contributed by atoms with Crippen LogP contribution in [0.5, 0.6) is 5.75 Å². The average molecular weight is 253 g/mol. The van der Waals surface area contributed by atoms with Gasteiger partial charge in [0.15, 0.2) is 0 Å². The molecule has 0 aliphatic rings. The highest BCUT2D eigenvalue weighted by Gasteiger charge is 2.21. The maximum absolute atomic E-state index is 6.13. The Morgan fingerprint density at radius 2 is 2.00 bits per heavy atom. The third kappa shape index (κ3) is 2.01. The van der Waals surface area contributed by atoms with Crippen molar-refractivity contribution in [3.8, 4) is 5.75 Å². The minimum absolute atomic E-state index is 0.400. The van der Waals surface area contributed by atoms with E-state index < -0.39 is 5.54 Å². The second kappa shape index (κ2) is 3.93. The summed E-state index contributed by atoms with van der Waals surface area (Å²) >= 11 is 6.10. The maximum atomic E-state index is 6.13. The van der Waals surface area contributed by atoms with Crippen LogP contribution in [0, 0.1) is 6.92 Å². The van der Waals surface area contributed by atoms with Gasteiger partial charge in [0.05, 0.1) is 17.7 Å². The van der Waals surface area contributed by atoms with E-state index in [1.807, 2.05) is 26.0 Å². The molecule has 0 amide bonds. The van der Waals surface area contributed by atoms with Crippen molar-refractivity contribution in [1.82, 2.24) is 4.98 Å². The monoisotopic (exact) mass is 252 g/mol. The highest BCUT2D eigenvalue weighted by atomic mass is 35.5. The molecule has 3 nitrogen and oxygen atoms in total. The molecule has 0 saturated heterocycles. The van der Waals surface area contributed by atoms with Gasteiger partial charge in [-0.25, -0.2) is 0 Å². The minimum atomic E-state index is -0.400. The van der Waals surface area contributed by atoms with E-state index in [0.717, 1.165) is 22.2 Å². The molecule has 0 bridgehead atoms. The molecule has 1 heterocycles. The van der Waals surface area contributed by atoms with Crippen molar-refractivity contribution in [3.05, 3.63) is 28.4 Å². The SMILES string of the molecule is COc1cc2c(C)c(C(C)(C)N)[nH]c2cc1Cl. The lowest BCUT2D eigenvalue weighted by atomic mass is 9.98. The lowest BCUT2D eigenvalue weighted by Gasteiger charge is -2.18. The summed E-state index contributed by atoms with van der Waals surface area (Å²) in [5, 5.41) is 1.70. The van der Waals surface area contributed by atoms with Gasteiger partial charge in [0.1, 0.15) is 5.75 Å². The van der Waals surface area contributed by atoms with Crippen molar-refractivity contribution in [1.29, 1.82) is 0 Å². The van der Waals surface area contributed by atoms with Gasteiger partial charge in [-0.3, -0.25) is 0 Å². The van der Waals surface area contributed by atoms with Crippen LogP contribution in [0.15, 0.2) is 12.1 Å². The summed E-state index contributed by atoms with van der Waals surface area (Å²) in [7, 11) is 1.61. The van der Waals surface area contributed by atoms with Crippen LogP contribution in [0.1, 0.15) is 25.1 Å². The zero-order valence-electron chi connectivity index (χ0n) is 10.5. The molecule has 0 radical (unpaired) electrons. The number of nitrogens with one attached hydrogen (secondary N) is 1. The summed E-state index contributed by atoms with van der Waals surface area (Å²) in [4.78, 5) is 3.33. The number of rotatable bonds is 2. The third-order valence-electron chi connectivity index (χ3n) is 2.97. The summed E-state index contributed by atoms with van der Waals surface area (Å²) in [5.41, 5.74) is 8.89. The zero-order valence-corrected chi connectivity index (χ0v) is 11.3. The number of aromatic nitrogens is 1. The first-order valence-electron chi connectivity index (χ1n) is 5.49. The second-order valence-corrected chi connectivity index (χ2v) is 5.29. The molecule has 0 atom stereocenters. The lowest BCUT2D eigenvalue weighted by Crippen LogP contribution is -2.29. The van der Waals surface area contributed by atoms with Crippen molar-refractivity contribution in [2.75, 3.05) is 7.11 Å². The minimum Gasteiger partial charge on any atom is -0.495 e. The summed E-state index contributed by atoms with van der Waals surface area (Å²) in [6.45, 7) is 6.00. The van der Waals surface area contributed by atoms with E-state index in [9.17, 15) is 0 Å². The quantitative estimate of drug-likeness (QED) is 0.861. The van der Waals surface area contributed by atoms with Crippen molar-refractivity contribution in [2.24, 2.45) is 5.73 Å². The smallest absolute Gasteiger partial charge is 0.138 e. The van der Waals surface area contributed by atoms with Gasteiger partial charge in [-0.1, -0.05) is 11.6 Å². The van der Waals surface area contributed by atoms with Gasteiger partial charge in [-0.15, -0.1) is 0 Å². The van der Waals surface area contributed by atoms with Crippen LogP contribution < -0.4 is 10.5 Å². The fourth-order valence-electron chi connectivity index (χ4n) is 2.13. The second-order valence-electron chi connectivity index (χ2n) is 4.88. The van der Waals surface area contributed by atoms with Crippen LogP contribution >= 0.6 is 11.6 Å². The molecule has 2 rings (SSSR count). The first kappa shape index (κ1) is 12.3. The summed E-state index contributed by atoms with van der Waals surface area (Å²) in [6, 6.07) is 3.82. The molecule has 3 N–H and O–H groups in total.